The Kier molecular flexibility index (Phi) is 6.21. The Morgan fingerprint density at radius 1 is 1.07 bits per heavy atom. The second kappa shape index (κ2) is 8.62. The van der Waals surface area contributed by atoms with Crippen molar-refractivity contribution in [1.29, 1.82) is 0 Å². The van der Waals surface area contributed by atoms with Crippen molar-refractivity contribution in [3.05, 3.63) is 54.1 Å². The topological polar surface area (TPSA) is 79.0 Å². The van der Waals surface area contributed by atoms with Crippen LogP contribution in [-0.2, 0) is 14.8 Å². The van der Waals surface area contributed by atoms with E-state index in [4.69, 9.17) is 4.74 Å². The molecule has 1 heterocycles. The molecule has 1 aliphatic heterocycles. The second-order valence-corrected chi connectivity index (χ2v) is 8.80. The van der Waals surface area contributed by atoms with E-state index in [1.807, 2.05) is 24.3 Å². The van der Waals surface area contributed by atoms with Crippen LogP contribution < -0.4 is 14.5 Å². The fourth-order valence-electron chi connectivity index (χ4n) is 2.96. The Labute approximate surface area is 166 Å². The smallest absolute Gasteiger partial charge is 0.255 e. The van der Waals surface area contributed by atoms with Gasteiger partial charge in [0, 0.05) is 37.1 Å². The molecule has 0 aromatic heterocycles. The number of hydrogen-bond acceptors (Lipinski definition) is 5. The minimum absolute atomic E-state index is 0.0200. The third-order valence-corrected chi connectivity index (χ3v) is 6.55. The standard InChI is InChI=1S/C20H25N3O4S/c1-3-28(25,26)22(2)18-8-4-16(5-9-18)20(24)21-17-6-10-19(11-7-17)23-12-14-27-15-13-23/h4-11H,3,12-15H2,1-2H3,(H,21,24). The fourth-order valence-corrected chi connectivity index (χ4v) is 3.79. The lowest BCUT2D eigenvalue weighted by Gasteiger charge is -2.28. The van der Waals surface area contributed by atoms with E-state index >= 15 is 0 Å². The predicted molar refractivity (Wildman–Crippen MR) is 112 cm³/mol. The molecular formula is C20H25N3O4S. The first kappa shape index (κ1) is 20.2. The molecule has 1 amide bonds. The molecular weight excluding hydrogens is 378 g/mol. The molecule has 0 atom stereocenters. The van der Waals surface area contributed by atoms with Crippen LogP contribution in [0.4, 0.5) is 17.1 Å². The van der Waals surface area contributed by atoms with E-state index in [1.54, 1.807) is 31.2 Å². The van der Waals surface area contributed by atoms with Gasteiger partial charge >= 0.3 is 0 Å². The number of amides is 1. The molecule has 1 N–H and O–H groups in total. The van der Waals surface area contributed by atoms with Crippen LogP contribution in [-0.4, -0.2) is 53.4 Å². The summed E-state index contributed by atoms with van der Waals surface area (Å²) in [4.78, 5) is 14.7. The normalized spacial score (nSPS) is 14.6. The van der Waals surface area contributed by atoms with Crippen LogP contribution in [0, 0.1) is 0 Å². The maximum atomic E-state index is 12.5. The quantitative estimate of drug-likeness (QED) is 0.802. The van der Waals surface area contributed by atoms with Crippen molar-refractivity contribution in [3.63, 3.8) is 0 Å². The highest BCUT2D eigenvalue weighted by atomic mass is 32.2. The fraction of sp³-hybridized carbons (Fsp3) is 0.350. The van der Waals surface area contributed by atoms with Crippen molar-refractivity contribution in [1.82, 2.24) is 0 Å². The summed E-state index contributed by atoms with van der Waals surface area (Å²) in [5.41, 5.74) is 2.79. The molecule has 1 saturated heterocycles. The largest absolute Gasteiger partial charge is 0.378 e. The number of ether oxygens (including phenoxy) is 1. The average Bonchev–Trinajstić information content (AvgIpc) is 2.74. The molecule has 0 bridgehead atoms. The van der Waals surface area contributed by atoms with Crippen molar-refractivity contribution in [2.45, 2.75) is 6.92 Å². The summed E-state index contributed by atoms with van der Waals surface area (Å²) in [5, 5.41) is 2.86. The number of carbonyl (C=O) groups excluding carboxylic acids is 1. The van der Waals surface area contributed by atoms with Gasteiger partial charge in [0.2, 0.25) is 10.0 Å². The third kappa shape index (κ3) is 4.63. The van der Waals surface area contributed by atoms with Crippen LogP contribution in [0.2, 0.25) is 0 Å². The number of carbonyl (C=O) groups is 1. The Morgan fingerprint density at radius 2 is 1.68 bits per heavy atom. The van der Waals surface area contributed by atoms with Crippen molar-refractivity contribution in [2.75, 3.05) is 53.6 Å². The zero-order valence-electron chi connectivity index (χ0n) is 16.1. The predicted octanol–water partition coefficient (Wildman–Crippen LogP) is 2.56. The number of hydrogen-bond donors (Lipinski definition) is 1. The lowest BCUT2D eigenvalue weighted by molar-refractivity contribution is 0.102. The maximum Gasteiger partial charge on any atom is 0.255 e. The van der Waals surface area contributed by atoms with E-state index in [0.717, 1.165) is 32.0 Å². The molecule has 0 aliphatic carbocycles. The Morgan fingerprint density at radius 3 is 2.25 bits per heavy atom. The number of nitrogens with zero attached hydrogens (tertiary/aromatic N) is 2. The van der Waals surface area contributed by atoms with Crippen molar-refractivity contribution in [2.24, 2.45) is 0 Å². The minimum atomic E-state index is -3.33. The van der Waals surface area contributed by atoms with Gasteiger partial charge in [-0.1, -0.05) is 0 Å². The van der Waals surface area contributed by atoms with E-state index in [-0.39, 0.29) is 11.7 Å². The number of anilines is 3. The van der Waals surface area contributed by atoms with Gasteiger partial charge in [0.15, 0.2) is 0 Å². The highest BCUT2D eigenvalue weighted by Crippen LogP contribution is 2.21. The Balaban J connectivity index is 1.64. The summed E-state index contributed by atoms with van der Waals surface area (Å²) in [5.74, 6) is -0.224. The number of sulfonamides is 1. The molecule has 8 heteroatoms. The molecule has 0 radical (unpaired) electrons. The zero-order valence-corrected chi connectivity index (χ0v) is 16.9. The first-order valence-corrected chi connectivity index (χ1v) is 10.8. The summed E-state index contributed by atoms with van der Waals surface area (Å²) in [7, 11) is -1.82. The summed E-state index contributed by atoms with van der Waals surface area (Å²) < 4.78 is 30.5. The summed E-state index contributed by atoms with van der Waals surface area (Å²) in [6.07, 6.45) is 0. The number of nitrogens with one attached hydrogen (secondary N) is 1. The van der Waals surface area contributed by atoms with Gasteiger partial charge in [-0.05, 0) is 55.5 Å². The van der Waals surface area contributed by atoms with Gasteiger partial charge in [0.1, 0.15) is 0 Å². The number of rotatable bonds is 6. The SMILES string of the molecule is CCS(=O)(=O)N(C)c1ccc(C(=O)Nc2ccc(N3CCOCC3)cc2)cc1. The zero-order chi connectivity index (χ0) is 20.1. The van der Waals surface area contributed by atoms with Gasteiger partial charge in [-0.3, -0.25) is 9.10 Å². The lowest BCUT2D eigenvalue weighted by Crippen LogP contribution is -2.36. The van der Waals surface area contributed by atoms with E-state index in [0.29, 0.717) is 16.9 Å². The molecule has 150 valence electrons. The van der Waals surface area contributed by atoms with Gasteiger partial charge in [-0.15, -0.1) is 0 Å². The van der Waals surface area contributed by atoms with Gasteiger partial charge in [-0.25, -0.2) is 8.42 Å². The second-order valence-electron chi connectivity index (χ2n) is 6.52. The summed E-state index contributed by atoms with van der Waals surface area (Å²) in [6.45, 7) is 4.77. The van der Waals surface area contributed by atoms with Crippen LogP contribution >= 0.6 is 0 Å². The average molecular weight is 404 g/mol. The van der Waals surface area contributed by atoms with Gasteiger partial charge in [0.05, 0.1) is 24.7 Å². The van der Waals surface area contributed by atoms with E-state index in [1.165, 1.54) is 11.4 Å². The number of benzene rings is 2. The van der Waals surface area contributed by atoms with Gasteiger partial charge in [-0.2, -0.15) is 0 Å². The number of morpholine rings is 1. The molecule has 1 aliphatic rings. The van der Waals surface area contributed by atoms with Crippen LogP contribution in [0.1, 0.15) is 17.3 Å². The van der Waals surface area contributed by atoms with E-state index in [2.05, 4.69) is 10.2 Å². The maximum absolute atomic E-state index is 12.5. The van der Waals surface area contributed by atoms with Gasteiger partial charge in [0.25, 0.3) is 5.91 Å². The molecule has 7 nitrogen and oxygen atoms in total. The Hall–Kier alpha value is -2.58. The molecule has 0 unspecified atom stereocenters. The molecule has 0 spiro atoms. The molecule has 2 aromatic carbocycles. The minimum Gasteiger partial charge on any atom is -0.378 e. The summed E-state index contributed by atoms with van der Waals surface area (Å²) in [6, 6.07) is 14.2. The summed E-state index contributed by atoms with van der Waals surface area (Å²) >= 11 is 0. The van der Waals surface area contributed by atoms with Crippen LogP contribution in [0.5, 0.6) is 0 Å². The van der Waals surface area contributed by atoms with Crippen molar-refractivity contribution >= 4 is 33.0 Å². The lowest BCUT2D eigenvalue weighted by atomic mass is 10.2. The third-order valence-electron chi connectivity index (χ3n) is 4.78. The highest BCUT2D eigenvalue weighted by molar-refractivity contribution is 7.92. The first-order valence-electron chi connectivity index (χ1n) is 9.21. The van der Waals surface area contributed by atoms with Crippen molar-refractivity contribution in [3.8, 4) is 0 Å². The van der Waals surface area contributed by atoms with Crippen LogP contribution in [0.15, 0.2) is 48.5 Å². The first-order chi connectivity index (χ1) is 13.4. The molecule has 28 heavy (non-hydrogen) atoms. The Bertz CT molecular complexity index is 905. The van der Waals surface area contributed by atoms with Crippen LogP contribution in [0.3, 0.4) is 0 Å². The molecule has 0 saturated carbocycles. The highest BCUT2D eigenvalue weighted by Gasteiger charge is 2.16. The van der Waals surface area contributed by atoms with Gasteiger partial charge < -0.3 is 15.0 Å². The van der Waals surface area contributed by atoms with E-state index in [9.17, 15) is 13.2 Å². The molecule has 3 rings (SSSR count). The molecule has 1 fully saturated rings. The molecule has 2 aromatic rings. The van der Waals surface area contributed by atoms with E-state index < -0.39 is 10.0 Å². The monoisotopic (exact) mass is 403 g/mol. The van der Waals surface area contributed by atoms with Crippen LogP contribution in [0.25, 0.3) is 0 Å². The van der Waals surface area contributed by atoms with Crippen molar-refractivity contribution < 1.29 is 17.9 Å².